The van der Waals surface area contributed by atoms with E-state index in [4.69, 9.17) is 9.47 Å². The Hall–Kier alpha value is -3.60. The predicted octanol–water partition coefficient (Wildman–Crippen LogP) is 11.0. The highest BCUT2D eigenvalue weighted by molar-refractivity contribution is 5.93. The molecule has 258 valence electrons. The van der Waals surface area contributed by atoms with Gasteiger partial charge in [0, 0.05) is 6.07 Å². The van der Waals surface area contributed by atoms with Crippen LogP contribution in [-0.2, 0) is 15.0 Å². The number of carbonyl (C=O) groups is 2. The van der Waals surface area contributed by atoms with Gasteiger partial charge >= 0.3 is 11.9 Å². The molecule has 5 heteroatoms. The third-order valence-electron chi connectivity index (χ3n) is 11.4. The second kappa shape index (κ2) is 17.2. The van der Waals surface area contributed by atoms with Gasteiger partial charge in [-0.1, -0.05) is 107 Å². The lowest BCUT2D eigenvalue weighted by Gasteiger charge is -2.33. The molecule has 5 rings (SSSR count). The fourth-order valence-electron chi connectivity index (χ4n) is 8.40. The minimum atomic E-state index is -1.53. The van der Waals surface area contributed by atoms with Gasteiger partial charge in [0.05, 0.1) is 13.5 Å². The first kappa shape index (κ1) is 35.7. The standard InChI is InChI=1S/C43H56O5/c1-4-6-9-31-13-17-33(18-14-31)35-21-25-37(26-22-35)43(30-41(44)45,42(46)48-40-12-8-11-39(29-40)47-3)38-27-23-36(24-28-38)34-19-15-32(16-20-34)10-7-5-2/h8,11-12,21-29,31-34H,4-7,9-10,13-20,30H2,1-3H3,(H,44,45). The zero-order chi connectivity index (χ0) is 33.9. The number of carbonyl (C=O) groups excluding carboxylic acids is 1. The number of unbranched alkanes of at least 4 members (excludes halogenated alkanes) is 2. The summed E-state index contributed by atoms with van der Waals surface area (Å²) in [5.74, 6) is 1.86. The van der Waals surface area contributed by atoms with Crippen molar-refractivity contribution in [3.05, 3.63) is 95.1 Å². The van der Waals surface area contributed by atoms with Crippen molar-refractivity contribution in [2.45, 2.75) is 127 Å². The molecule has 0 bridgehead atoms. The Balaban J connectivity index is 1.45. The van der Waals surface area contributed by atoms with Crippen molar-refractivity contribution in [2.75, 3.05) is 7.11 Å². The number of ether oxygens (including phenoxy) is 2. The number of aliphatic carboxylic acids is 1. The molecule has 0 spiro atoms. The van der Waals surface area contributed by atoms with Gasteiger partial charge in [0.25, 0.3) is 0 Å². The number of esters is 1. The first-order chi connectivity index (χ1) is 23.4. The smallest absolute Gasteiger partial charge is 0.327 e. The van der Waals surface area contributed by atoms with Crippen LogP contribution in [0.3, 0.4) is 0 Å². The van der Waals surface area contributed by atoms with Gasteiger partial charge in [-0.15, -0.1) is 0 Å². The topological polar surface area (TPSA) is 72.8 Å². The minimum Gasteiger partial charge on any atom is -0.497 e. The molecular formula is C43H56O5. The van der Waals surface area contributed by atoms with Crippen molar-refractivity contribution >= 4 is 11.9 Å². The van der Waals surface area contributed by atoms with Gasteiger partial charge in [-0.25, -0.2) is 0 Å². The van der Waals surface area contributed by atoms with Crippen molar-refractivity contribution < 1.29 is 24.2 Å². The monoisotopic (exact) mass is 652 g/mol. The number of carboxylic acid groups (broad SMARTS) is 1. The summed E-state index contributed by atoms with van der Waals surface area (Å²) in [6.07, 6.45) is 17.1. The number of hydrogen-bond acceptors (Lipinski definition) is 4. The Morgan fingerprint density at radius 1 is 0.688 bits per heavy atom. The molecule has 0 radical (unpaired) electrons. The molecule has 2 fully saturated rings. The maximum Gasteiger partial charge on any atom is 0.327 e. The van der Waals surface area contributed by atoms with E-state index in [1.54, 1.807) is 31.4 Å². The summed E-state index contributed by atoms with van der Waals surface area (Å²) in [7, 11) is 1.56. The van der Waals surface area contributed by atoms with E-state index in [1.807, 2.05) is 24.3 Å². The molecule has 0 aliphatic heterocycles. The van der Waals surface area contributed by atoms with Gasteiger partial charge in [0.2, 0.25) is 0 Å². The highest BCUT2D eigenvalue weighted by Gasteiger charge is 2.46. The largest absolute Gasteiger partial charge is 0.497 e. The van der Waals surface area contributed by atoms with Crippen molar-refractivity contribution in [1.29, 1.82) is 0 Å². The number of methoxy groups -OCH3 is 1. The molecule has 1 N–H and O–H groups in total. The Labute approximate surface area is 288 Å². The van der Waals surface area contributed by atoms with Gasteiger partial charge in [-0.2, -0.15) is 0 Å². The average molecular weight is 653 g/mol. The molecule has 3 aromatic rings. The molecule has 0 heterocycles. The molecular weight excluding hydrogens is 596 g/mol. The molecule has 48 heavy (non-hydrogen) atoms. The summed E-state index contributed by atoms with van der Waals surface area (Å²) in [6.45, 7) is 4.52. The van der Waals surface area contributed by atoms with Crippen LogP contribution in [-0.4, -0.2) is 24.2 Å². The van der Waals surface area contributed by atoms with Gasteiger partial charge < -0.3 is 14.6 Å². The molecule has 2 aliphatic carbocycles. The Morgan fingerprint density at radius 2 is 1.15 bits per heavy atom. The lowest BCUT2D eigenvalue weighted by Crippen LogP contribution is -2.42. The summed E-state index contributed by atoms with van der Waals surface area (Å²) in [5, 5.41) is 10.3. The van der Waals surface area contributed by atoms with E-state index in [9.17, 15) is 14.7 Å². The van der Waals surface area contributed by atoms with Gasteiger partial charge in [-0.3, -0.25) is 9.59 Å². The minimum absolute atomic E-state index is 0.321. The van der Waals surface area contributed by atoms with Crippen molar-refractivity contribution in [2.24, 2.45) is 11.8 Å². The van der Waals surface area contributed by atoms with Crippen molar-refractivity contribution in [1.82, 2.24) is 0 Å². The normalized spacial score (nSPS) is 22.4. The van der Waals surface area contributed by atoms with Crippen LogP contribution in [0.15, 0.2) is 72.8 Å². The molecule has 2 aliphatic rings. The number of carboxylic acids is 1. The Bertz CT molecular complexity index is 1370. The quantitative estimate of drug-likeness (QED) is 0.131. The second-order valence-electron chi connectivity index (χ2n) is 14.5. The van der Waals surface area contributed by atoms with E-state index in [0.717, 1.165) is 11.8 Å². The van der Waals surface area contributed by atoms with Crippen LogP contribution in [0.2, 0.25) is 0 Å². The van der Waals surface area contributed by atoms with Crippen LogP contribution >= 0.6 is 0 Å². The molecule has 3 aromatic carbocycles. The first-order valence-corrected chi connectivity index (χ1v) is 18.6. The summed E-state index contributed by atoms with van der Waals surface area (Å²) in [5.41, 5.74) is 2.29. The molecule has 0 atom stereocenters. The van der Waals surface area contributed by atoms with E-state index < -0.39 is 23.8 Å². The Morgan fingerprint density at radius 3 is 1.56 bits per heavy atom. The van der Waals surface area contributed by atoms with Gasteiger partial charge in [-0.05, 0) is 109 Å². The molecule has 2 saturated carbocycles. The highest BCUT2D eigenvalue weighted by Crippen LogP contribution is 2.43. The van der Waals surface area contributed by atoms with Crippen LogP contribution in [0.4, 0.5) is 0 Å². The Kier molecular flexibility index (Phi) is 12.8. The summed E-state index contributed by atoms with van der Waals surface area (Å²) in [6, 6.07) is 23.3. The number of rotatable bonds is 15. The number of benzene rings is 3. The number of hydrogen-bond donors (Lipinski definition) is 1. The summed E-state index contributed by atoms with van der Waals surface area (Å²) < 4.78 is 11.4. The van der Waals surface area contributed by atoms with Crippen molar-refractivity contribution in [3.8, 4) is 11.5 Å². The third-order valence-corrected chi connectivity index (χ3v) is 11.4. The maximum absolute atomic E-state index is 14.5. The zero-order valence-electron chi connectivity index (χ0n) is 29.4. The van der Waals surface area contributed by atoms with Crippen molar-refractivity contribution in [3.63, 3.8) is 0 Å². The van der Waals surface area contributed by atoms with Gasteiger partial charge in [0.1, 0.15) is 16.9 Å². The fraction of sp³-hybridized carbons (Fsp3) is 0.535. The van der Waals surface area contributed by atoms with E-state index >= 15 is 0 Å². The molecule has 0 aromatic heterocycles. The third kappa shape index (κ3) is 8.70. The van der Waals surface area contributed by atoms with Crippen LogP contribution in [0.1, 0.15) is 144 Å². The van der Waals surface area contributed by atoms with Gasteiger partial charge in [0.15, 0.2) is 0 Å². The van der Waals surface area contributed by atoms with E-state index in [0.29, 0.717) is 34.5 Å². The summed E-state index contributed by atoms with van der Waals surface area (Å²) in [4.78, 5) is 27.1. The molecule has 5 nitrogen and oxygen atoms in total. The SMILES string of the molecule is CCCCC1CCC(c2ccc(C(CC(=O)O)(C(=O)Oc3cccc(OC)c3)c3ccc(C4CCC(CCCC)CC4)cc3)cc2)CC1. The van der Waals surface area contributed by atoms with E-state index in [1.165, 1.54) is 101 Å². The fourth-order valence-corrected chi connectivity index (χ4v) is 8.40. The van der Waals surface area contributed by atoms with Crippen LogP contribution in [0.5, 0.6) is 11.5 Å². The van der Waals surface area contributed by atoms with E-state index in [-0.39, 0.29) is 0 Å². The second-order valence-corrected chi connectivity index (χ2v) is 14.5. The van der Waals surface area contributed by atoms with Crippen LogP contribution in [0, 0.1) is 11.8 Å². The molecule has 0 amide bonds. The average Bonchev–Trinajstić information content (AvgIpc) is 3.12. The first-order valence-electron chi connectivity index (χ1n) is 18.6. The lowest BCUT2D eigenvalue weighted by atomic mass is 9.70. The van der Waals surface area contributed by atoms with Crippen LogP contribution in [0.25, 0.3) is 0 Å². The molecule has 0 unspecified atom stereocenters. The van der Waals surface area contributed by atoms with E-state index in [2.05, 4.69) is 38.1 Å². The lowest BCUT2D eigenvalue weighted by molar-refractivity contribution is -0.147. The molecule has 0 saturated heterocycles. The maximum atomic E-state index is 14.5. The highest BCUT2D eigenvalue weighted by atomic mass is 16.5. The zero-order valence-corrected chi connectivity index (χ0v) is 29.4. The van der Waals surface area contributed by atoms with Crippen LogP contribution < -0.4 is 9.47 Å². The predicted molar refractivity (Wildman–Crippen MR) is 193 cm³/mol. The summed E-state index contributed by atoms with van der Waals surface area (Å²) >= 11 is 0.